The summed E-state index contributed by atoms with van der Waals surface area (Å²) in [5.74, 6) is -1.16. The standard InChI is InChI=1S/C20H20FN5O3/c1-13-22-23-24-26(13)18(11-15-4-3-5-17(21)10-15)19(27)25(2)12-14-6-8-16(9-7-14)20(28)29/h3-10,18H,11-12H2,1-2H3,(H,28,29). The maximum atomic E-state index is 13.6. The van der Waals surface area contributed by atoms with Crippen LogP contribution in [0.2, 0.25) is 0 Å². The molecular weight excluding hydrogens is 377 g/mol. The SMILES string of the molecule is Cc1nnnn1C(Cc1cccc(F)c1)C(=O)N(C)Cc1ccc(C(=O)O)cc1. The summed E-state index contributed by atoms with van der Waals surface area (Å²) < 4.78 is 15.0. The molecule has 1 unspecified atom stereocenters. The third kappa shape index (κ3) is 4.81. The molecule has 0 aliphatic heterocycles. The number of carbonyl (C=O) groups is 2. The molecule has 2 aromatic carbocycles. The molecule has 1 amide bonds. The third-order valence-electron chi connectivity index (χ3n) is 4.55. The lowest BCUT2D eigenvalue weighted by Crippen LogP contribution is -2.36. The molecule has 150 valence electrons. The van der Waals surface area contributed by atoms with Crippen LogP contribution in [-0.4, -0.2) is 49.1 Å². The molecule has 3 aromatic rings. The van der Waals surface area contributed by atoms with Crippen molar-refractivity contribution < 1.29 is 19.1 Å². The Labute approximate surface area is 166 Å². The van der Waals surface area contributed by atoms with E-state index in [9.17, 15) is 14.0 Å². The van der Waals surface area contributed by atoms with Crippen molar-refractivity contribution in [3.63, 3.8) is 0 Å². The second-order valence-corrected chi connectivity index (χ2v) is 6.72. The fourth-order valence-electron chi connectivity index (χ4n) is 3.05. The Bertz CT molecular complexity index is 1020. The van der Waals surface area contributed by atoms with E-state index in [1.165, 1.54) is 33.8 Å². The fourth-order valence-corrected chi connectivity index (χ4v) is 3.05. The number of aromatic carboxylic acids is 1. The van der Waals surface area contributed by atoms with Crippen LogP contribution >= 0.6 is 0 Å². The normalized spacial score (nSPS) is 11.8. The van der Waals surface area contributed by atoms with E-state index in [1.54, 1.807) is 38.2 Å². The third-order valence-corrected chi connectivity index (χ3v) is 4.55. The van der Waals surface area contributed by atoms with Crippen LogP contribution in [0.4, 0.5) is 4.39 Å². The quantitative estimate of drug-likeness (QED) is 0.656. The average molecular weight is 397 g/mol. The van der Waals surface area contributed by atoms with Gasteiger partial charge in [0.25, 0.3) is 0 Å². The van der Waals surface area contributed by atoms with Gasteiger partial charge in [0.15, 0.2) is 0 Å². The maximum Gasteiger partial charge on any atom is 0.335 e. The summed E-state index contributed by atoms with van der Waals surface area (Å²) >= 11 is 0. The minimum Gasteiger partial charge on any atom is -0.478 e. The van der Waals surface area contributed by atoms with Gasteiger partial charge in [-0.15, -0.1) is 5.10 Å². The molecule has 0 radical (unpaired) electrons. The van der Waals surface area contributed by atoms with Gasteiger partial charge in [-0.2, -0.15) is 0 Å². The van der Waals surface area contributed by atoms with Crippen molar-refractivity contribution in [2.75, 3.05) is 7.05 Å². The number of aromatic nitrogens is 4. The Kier molecular flexibility index (Phi) is 5.96. The number of rotatable bonds is 7. The van der Waals surface area contributed by atoms with E-state index < -0.39 is 12.0 Å². The number of aryl methyl sites for hydroxylation is 1. The number of likely N-dealkylation sites (N-methyl/N-ethyl adjacent to an activating group) is 1. The summed E-state index contributed by atoms with van der Waals surface area (Å²) in [5, 5.41) is 20.4. The number of halogens is 1. The van der Waals surface area contributed by atoms with Crippen molar-refractivity contribution in [2.24, 2.45) is 0 Å². The van der Waals surface area contributed by atoms with Crippen LogP contribution < -0.4 is 0 Å². The number of carboxylic acids is 1. The maximum absolute atomic E-state index is 13.6. The summed E-state index contributed by atoms with van der Waals surface area (Å²) in [7, 11) is 1.64. The summed E-state index contributed by atoms with van der Waals surface area (Å²) in [4.78, 5) is 25.7. The first-order chi connectivity index (χ1) is 13.8. The Hall–Kier alpha value is -3.62. The van der Waals surface area contributed by atoms with Crippen molar-refractivity contribution in [1.82, 2.24) is 25.1 Å². The van der Waals surface area contributed by atoms with Crippen LogP contribution in [0.5, 0.6) is 0 Å². The monoisotopic (exact) mass is 397 g/mol. The highest BCUT2D eigenvalue weighted by molar-refractivity contribution is 5.87. The predicted octanol–water partition coefficient (Wildman–Crippen LogP) is 2.26. The largest absolute Gasteiger partial charge is 0.478 e. The van der Waals surface area contributed by atoms with E-state index >= 15 is 0 Å². The molecule has 8 nitrogen and oxygen atoms in total. The van der Waals surface area contributed by atoms with E-state index in [0.717, 1.165) is 5.56 Å². The second kappa shape index (κ2) is 8.59. The van der Waals surface area contributed by atoms with Gasteiger partial charge >= 0.3 is 5.97 Å². The van der Waals surface area contributed by atoms with Gasteiger partial charge in [0.05, 0.1) is 5.56 Å². The molecule has 0 aliphatic rings. The van der Waals surface area contributed by atoms with Gasteiger partial charge < -0.3 is 10.0 Å². The van der Waals surface area contributed by atoms with Gasteiger partial charge in [-0.1, -0.05) is 24.3 Å². The van der Waals surface area contributed by atoms with Crippen molar-refractivity contribution in [3.8, 4) is 0 Å². The molecule has 1 N–H and O–H groups in total. The van der Waals surface area contributed by atoms with Gasteiger partial charge in [-0.05, 0) is 52.7 Å². The first-order valence-electron chi connectivity index (χ1n) is 8.91. The minimum absolute atomic E-state index is 0.177. The number of tetrazole rings is 1. The summed E-state index contributed by atoms with van der Waals surface area (Å²) in [6, 6.07) is 11.6. The average Bonchev–Trinajstić information content (AvgIpc) is 3.11. The summed E-state index contributed by atoms with van der Waals surface area (Å²) in [6.45, 7) is 1.97. The van der Waals surface area contributed by atoms with Crippen LogP contribution in [0.15, 0.2) is 48.5 Å². The molecule has 0 saturated heterocycles. The molecule has 1 aromatic heterocycles. The van der Waals surface area contributed by atoms with Crippen LogP contribution in [0, 0.1) is 12.7 Å². The van der Waals surface area contributed by atoms with Gasteiger partial charge in [-0.25, -0.2) is 13.9 Å². The number of carboxylic acid groups (broad SMARTS) is 1. The summed E-state index contributed by atoms with van der Waals surface area (Å²) in [5.41, 5.74) is 1.61. The molecule has 3 rings (SSSR count). The van der Waals surface area contributed by atoms with Gasteiger partial charge in [0.1, 0.15) is 17.7 Å². The lowest BCUT2D eigenvalue weighted by atomic mass is 10.0. The number of carbonyl (C=O) groups excluding carboxylic acids is 1. The fraction of sp³-hybridized carbons (Fsp3) is 0.250. The van der Waals surface area contributed by atoms with E-state index in [2.05, 4.69) is 15.5 Å². The van der Waals surface area contributed by atoms with Gasteiger partial charge in [-0.3, -0.25) is 4.79 Å². The predicted molar refractivity (Wildman–Crippen MR) is 102 cm³/mol. The number of benzene rings is 2. The molecule has 0 saturated carbocycles. The Morgan fingerprint density at radius 1 is 1.17 bits per heavy atom. The number of hydrogen-bond donors (Lipinski definition) is 1. The molecular formula is C20H20FN5O3. The molecule has 29 heavy (non-hydrogen) atoms. The number of nitrogens with zero attached hydrogens (tertiary/aromatic N) is 5. The molecule has 1 atom stereocenters. The first kappa shape index (κ1) is 20.1. The molecule has 0 bridgehead atoms. The van der Waals surface area contributed by atoms with Crippen LogP contribution in [-0.2, 0) is 17.8 Å². The van der Waals surface area contributed by atoms with Crippen LogP contribution in [0.1, 0.15) is 33.4 Å². The van der Waals surface area contributed by atoms with E-state index in [0.29, 0.717) is 11.4 Å². The highest BCUT2D eigenvalue weighted by Gasteiger charge is 2.27. The lowest BCUT2D eigenvalue weighted by Gasteiger charge is -2.24. The first-order valence-corrected chi connectivity index (χ1v) is 8.91. The minimum atomic E-state index is -1.01. The zero-order valence-electron chi connectivity index (χ0n) is 16.0. The van der Waals surface area contributed by atoms with Crippen LogP contribution in [0.3, 0.4) is 0 Å². The molecule has 0 aliphatic carbocycles. The summed E-state index contributed by atoms with van der Waals surface area (Å²) in [6.07, 6.45) is 0.227. The van der Waals surface area contributed by atoms with Crippen molar-refractivity contribution in [2.45, 2.75) is 25.9 Å². The Morgan fingerprint density at radius 3 is 2.48 bits per heavy atom. The van der Waals surface area contributed by atoms with Crippen molar-refractivity contribution in [1.29, 1.82) is 0 Å². The lowest BCUT2D eigenvalue weighted by molar-refractivity contribution is -0.134. The van der Waals surface area contributed by atoms with E-state index in [1.807, 2.05) is 0 Å². The zero-order chi connectivity index (χ0) is 21.0. The molecule has 9 heteroatoms. The highest BCUT2D eigenvalue weighted by Crippen LogP contribution is 2.19. The molecule has 0 spiro atoms. The molecule has 0 fully saturated rings. The van der Waals surface area contributed by atoms with E-state index in [4.69, 9.17) is 5.11 Å². The topological polar surface area (TPSA) is 101 Å². The van der Waals surface area contributed by atoms with Gasteiger partial charge in [0.2, 0.25) is 5.91 Å². The number of hydrogen-bond acceptors (Lipinski definition) is 5. The smallest absolute Gasteiger partial charge is 0.335 e. The van der Waals surface area contributed by atoms with Crippen LogP contribution in [0.25, 0.3) is 0 Å². The zero-order valence-corrected chi connectivity index (χ0v) is 16.0. The Balaban J connectivity index is 1.81. The Morgan fingerprint density at radius 2 is 1.90 bits per heavy atom. The van der Waals surface area contributed by atoms with Gasteiger partial charge in [0, 0.05) is 20.0 Å². The van der Waals surface area contributed by atoms with Crippen molar-refractivity contribution in [3.05, 3.63) is 76.9 Å². The number of amides is 1. The van der Waals surface area contributed by atoms with Crippen molar-refractivity contribution >= 4 is 11.9 Å². The van der Waals surface area contributed by atoms with E-state index in [-0.39, 0.29) is 30.3 Å². The molecule has 1 heterocycles. The highest BCUT2D eigenvalue weighted by atomic mass is 19.1. The second-order valence-electron chi connectivity index (χ2n) is 6.72.